The Morgan fingerprint density at radius 3 is 2.50 bits per heavy atom. The number of imidazole rings is 1. The lowest BCUT2D eigenvalue weighted by Gasteiger charge is -2.42. The summed E-state index contributed by atoms with van der Waals surface area (Å²) in [7, 11) is 1.94. The molecule has 0 bridgehead atoms. The summed E-state index contributed by atoms with van der Waals surface area (Å²) in [4.78, 5) is 17.7. The fourth-order valence-corrected chi connectivity index (χ4v) is 6.20. The molecule has 1 saturated carbocycles. The number of nitrogens with zero attached hydrogens (tertiary/aromatic N) is 5. The third kappa shape index (κ3) is 5.08. The molecule has 6 heteroatoms. The predicted octanol–water partition coefficient (Wildman–Crippen LogP) is 7.80. The highest BCUT2D eigenvalue weighted by Gasteiger charge is 2.37. The van der Waals surface area contributed by atoms with Crippen molar-refractivity contribution in [2.75, 3.05) is 25.5 Å². The molecule has 0 atom stereocenters. The minimum atomic E-state index is 0.451. The van der Waals surface area contributed by atoms with Gasteiger partial charge in [-0.1, -0.05) is 75.2 Å². The third-order valence-corrected chi connectivity index (χ3v) is 8.41. The molecule has 0 unspecified atom stereocenters. The lowest BCUT2D eigenvalue weighted by molar-refractivity contribution is 0.103. The first-order valence-corrected chi connectivity index (χ1v) is 15.0. The number of aromatic nitrogens is 4. The van der Waals surface area contributed by atoms with E-state index in [9.17, 15) is 0 Å². The average molecular weight is 533 g/mol. The van der Waals surface area contributed by atoms with Crippen LogP contribution in [0.1, 0.15) is 64.1 Å². The van der Waals surface area contributed by atoms with Gasteiger partial charge in [0.15, 0.2) is 5.82 Å². The molecule has 5 aromatic rings. The second-order valence-corrected chi connectivity index (χ2v) is 11.1. The normalized spacial score (nSPS) is 17.0. The monoisotopic (exact) mass is 532 g/mol. The third-order valence-electron chi connectivity index (χ3n) is 8.41. The van der Waals surface area contributed by atoms with Crippen molar-refractivity contribution in [3.8, 4) is 22.5 Å². The van der Waals surface area contributed by atoms with E-state index in [1.807, 2.05) is 19.3 Å². The molecule has 206 valence electrons. The highest BCUT2D eigenvalue weighted by atomic mass is 15.2. The number of unbranched alkanes of at least 4 members (excludes halogenated alkanes) is 2. The molecule has 0 aliphatic heterocycles. The van der Waals surface area contributed by atoms with E-state index in [-0.39, 0.29) is 0 Å². The Kier molecular flexibility index (Phi) is 7.78. The van der Waals surface area contributed by atoms with Crippen molar-refractivity contribution in [3.63, 3.8) is 0 Å². The summed E-state index contributed by atoms with van der Waals surface area (Å²) >= 11 is 0. The molecule has 40 heavy (non-hydrogen) atoms. The first kappa shape index (κ1) is 26.5. The van der Waals surface area contributed by atoms with Gasteiger partial charge in [0.1, 0.15) is 17.0 Å². The Morgan fingerprint density at radius 2 is 1.73 bits per heavy atom. The molecule has 2 aromatic carbocycles. The van der Waals surface area contributed by atoms with Crippen LogP contribution in [0.3, 0.4) is 0 Å². The summed E-state index contributed by atoms with van der Waals surface area (Å²) in [6.07, 6.45) is 11.4. The SMILES string of the molecule is CCCCCN(CCC)C1CC(c2nc(-c3ccc4ccc(-c5ccccc5)nc4c3)c3c(NC)nccn23)C1. The fraction of sp³-hybridized carbons (Fsp3) is 0.382. The van der Waals surface area contributed by atoms with E-state index in [0.717, 1.165) is 50.6 Å². The Bertz CT molecular complexity index is 1580. The van der Waals surface area contributed by atoms with E-state index in [0.29, 0.717) is 12.0 Å². The lowest BCUT2D eigenvalue weighted by atomic mass is 9.78. The molecule has 3 heterocycles. The van der Waals surface area contributed by atoms with Gasteiger partial charge in [0.25, 0.3) is 0 Å². The minimum absolute atomic E-state index is 0.451. The number of hydrogen-bond acceptors (Lipinski definition) is 5. The van der Waals surface area contributed by atoms with Crippen molar-refractivity contribution < 1.29 is 0 Å². The van der Waals surface area contributed by atoms with E-state index in [4.69, 9.17) is 9.97 Å². The van der Waals surface area contributed by atoms with Gasteiger partial charge >= 0.3 is 0 Å². The van der Waals surface area contributed by atoms with Crippen LogP contribution in [0.25, 0.3) is 38.9 Å². The van der Waals surface area contributed by atoms with Gasteiger partial charge in [-0.05, 0) is 50.9 Å². The van der Waals surface area contributed by atoms with Crippen molar-refractivity contribution in [3.05, 3.63) is 78.9 Å². The van der Waals surface area contributed by atoms with Gasteiger partial charge in [0, 0.05) is 47.9 Å². The maximum absolute atomic E-state index is 5.33. The van der Waals surface area contributed by atoms with Gasteiger partial charge in [-0.3, -0.25) is 4.40 Å². The summed E-state index contributed by atoms with van der Waals surface area (Å²) in [5.41, 5.74) is 6.16. The van der Waals surface area contributed by atoms with Crippen LogP contribution in [0.2, 0.25) is 0 Å². The highest BCUT2D eigenvalue weighted by molar-refractivity contribution is 5.91. The van der Waals surface area contributed by atoms with Crippen LogP contribution in [0.4, 0.5) is 5.82 Å². The summed E-state index contributed by atoms with van der Waals surface area (Å²) in [6, 6.07) is 21.8. The van der Waals surface area contributed by atoms with Crippen LogP contribution >= 0.6 is 0 Å². The highest BCUT2D eigenvalue weighted by Crippen LogP contribution is 2.42. The van der Waals surface area contributed by atoms with Crippen LogP contribution < -0.4 is 5.32 Å². The summed E-state index contributed by atoms with van der Waals surface area (Å²) < 4.78 is 2.27. The van der Waals surface area contributed by atoms with Gasteiger partial charge in [0.2, 0.25) is 0 Å². The molecule has 0 saturated heterocycles. The lowest BCUT2D eigenvalue weighted by Crippen LogP contribution is -2.45. The molecule has 0 spiro atoms. The van der Waals surface area contributed by atoms with Crippen LogP contribution in [0.15, 0.2) is 73.1 Å². The molecule has 1 N–H and O–H groups in total. The summed E-state index contributed by atoms with van der Waals surface area (Å²) in [6.45, 7) is 6.99. The van der Waals surface area contributed by atoms with Crippen molar-refractivity contribution in [1.82, 2.24) is 24.3 Å². The Labute approximate surface area is 237 Å². The first-order valence-electron chi connectivity index (χ1n) is 15.0. The van der Waals surface area contributed by atoms with E-state index in [2.05, 4.69) is 94.2 Å². The Balaban J connectivity index is 1.35. The van der Waals surface area contributed by atoms with E-state index in [1.165, 1.54) is 51.6 Å². The molecule has 1 aliphatic rings. The second kappa shape index (κ2) is 11.8. The number of pyridine rings is 1. The molecular formula is C34H40N6. The van der Waals surface area contributed by atoms with Gasteiger partial charge < -0.3 is 10.2 Å². The summed E-state index contributed by atoms with van der Waals surface area (Å²) in [5, 5.41) is 4.44. The zero-order chi connectivity index (χ0) is 27.5. The average Bonchev–Trinajstić information content (AvgIpc) is 3.36. The molecule has 6 rings (SSSR count). The second-order valence-electron chi connectivity index (χ2n) is 11.1. The van der Waals surface area contributed by atoms with Gasteiger partial charge in [-0.25, -0.2) is 15.0 Å². The topological polar surface area (TPSA) is 58.4 Å². The minimum Gasteiger partial charge on any atom is -0.371 e. The quantitative estimate of drug-likeness (QED) is 0.176. The van der Waals surface area contributed by atoms with Crippen molar-refractivity contribution in [2.24, 2.45) is 0 Å². The molecular weight excluding hydrogens is 492 g/mol. The molecule has 1 fully saturated rings. The zero-order valence-corrected chi connectivity index (χ0v) is 24.0. The van der Waals surface area contributed by atoms with Gasteiger partial charge in [-0.15, -0.1) is 0 Å². The van der Waals surface area contributed by atoms with Crippen molar-refractivity contribution >= 4 is 22.2 Å². The number of anilines is 1. The maximum atomic E-state index is 5.33. The number of nitrogens with one attached hydrogen (secondary N) is 1. The van der Waals surface area contributed by atoms with E-state index in [1.54, 1.807) is 0 Å². The number of rotatable bonds is 11. The maximum Gasteiger partial charge on any atom is 0.152 e. The van der Waals surface area contributed by atoms with Crippen LogP contribution in [0.5, 0.6) is 0 Å². The largest absolute Gasteiger partial charge is 0.371 e. The van der Waals surface area contributed by atoms with Crippen LogP contribution in [-0.2, 0) is 0 Å². The van der Waals surface area contributed by atoms with E-state index >= 15 is 0 Å². The van der Waals surface area contributed by atoms with E-state index < -0.39 is 0 Å². The Morgan fingerprint density at radius 1 is 0.900 bits per heavy atom. The number of hydrogen-bond donors (Lipinski definition) is 1. The molecule has 6 nitrogen and oxygen atoms in total. The van der Waals surface area contributed by atoms with Crippen molar-refractivity contribution in [2.45, 2.75) is 64.3 Å². The molecule has 3 aromatic heterocycles. The van der Waals surface area contributed by atoms with Gasteiger partial charge in [-0.2, -0.15) is 0 Å². The fourth-order valence-electron chi connectivity index (χ4n) is 6.20. The van der Waals surface area contributed by atoms with Crippen molar-refractivity contribution in [1.29, 1.82) is 0 Å². The Hall–Kier alpha value is -3.77. The number of benzene rings is 2. The zero-order valence-electron chi connectivity index (χ0n) is 24.0. The molecule has 1 aliphatic carbocycles. The standard InChI is InChI=1S/C34H40N6/c1-4-6-10-19-39(18-5-2)28-21-27(22-28)34-38-31(32-33(35-3)36-17-20-40(32)34)26-14-13-25-15-16-29(37-30(25)23-26)24-11-8-7-9-12-24/h7-9,11-17,20,23,27-28H,4-6,10,18-19,21-22H2,1-3H3,(H,35,36). The summed E-state index contributed by atoms with van der Waals surface area (Å²) in [5.74, 6) is 2.45. The molecule has 0 radical (unpaired) electrons. The van der Waals surface area contributed by atoms with Gasteiger partial charge in [0.05, 0.1) is 11.2 Å². The van der Waals surface area contributed by atoms with Crippen LogP contribution in [0, 0.1) is 0 Å². The smallest absolute Gasteiger partial charge is 0.152 e. The molecule has 0 amide bonds. The first-order chi connectivity index (χ1) is 19.7. The number of fused-ring (bicyclic) bond motifs is 2. The van der Waals surface area contributed by atoms with Crippen LogP contribution in [-0.4, -0.2) is 50.4 Å². The predicted molar refractivity (Wildman–Crippen MR) is 166 cm³/mol.